The molecule has 0 aromatic heterocycles. The zero-order chi connectivity index (χ0) is 19.3. The van der Waals surface area contributed by atoms with E-state index >= 15 is 0 Å². The van der Waals surface area contributed by atoms with Crippen LogP contribution in [0.25, 0.3) is 0 Å². The van der Waals surface area contributed by atoms with Crippen molar-refractivity contribution in [2.45, 2.75) is 70.3 Å². The third-order valence-electron chi connectivity index (χ3n) is 7.31. The van der Waals surface area contributed by atoms with E-state index in [9.17, 15) is 9.59 Å². The van der Waals surface area contributed by atoms with Crippen molar-refractivity contribution in [3.63, 3.8) is 0 Å². The lowest BCUT2D eigenvalue weighted by Crippen LogP contribution is -2.53. The fraction of sp³-hybridized carbons (Fsp3) is 0.905. The van der Waals surface area contributed by atoms with Gasteiger partial charge in [0.25, 0.3) is 0 Å². The number of piperidine rings is 2. The van der Waals surface area contributed by atoms with Crippen molar-refractivity contribution in [2.75, 3.05) is 39.9 Å². The Hall–Kier alpha value is -1.14. The Kier molecular flexibility index (Phi) is 7.15. The monoisotopic (exact) mass is 379 g/mol. The maximum absolute atomic E-state index is 12.7. The smallest absolute Gasteiger partial charge is 0.225 e. The average molecular weight is 380 g/mol. The van der Waals surface area contributed by atoms with Crippen LogP contribution in [0.4, 0.5) is 0 Å². The topological polar surface area (TPSA) is 75.9 Å². The molecule has 2 aliphatic heterocycles. The molecule has 6 nitrogen and oxygen atoms in total. The van der Waals surface area contributed by atoms with Crippen molar-refractivity contribution in [2.24, 2.45) is 17.1 Å². The van der Waals surface area contributed by atoms with Crippen LogP contribution in [0.1, 0.15) is 64.2 Å². The minimum absolute atomic E-state index is 0.174. The zero-order valence-electron chi connectivity index (χ0n) is 17.0. The molecule has 3 aliphatic rings. The van der Waals surface area contributed by atoms with Crippen LogP contribution in [0.3, 0.4) is 0 Å². The molecular weight excluding hydrogens is 342 g/mol. The number of hydrogen-bond acceptors (Lipinski definition) is 4. The molecule has 1 saturated carbocycles. The van der Waals surface area contributed by atoms with Crippen molar-refractivity contribution in [1.29, 1.82) is 0 Å². The summed E-state index contributed by atoms with van der Waals surface area (Å²) in [5.41, 5.74) is 5.33. The molecule has 3 fully saturated rings. The van der Waals surface area contributed by atoms with Crippen LogP contribution in [-0.4, -0.2) is 67.6 Å². The Morgan fingerprint density at radius 3 is 2.19 bits per heavy atom. The van der Waals surface area contributed by atoms with Crippen molar-refractivity contribution >= 4 is 11.8 Å². The maximum Gasteiger partial charge on any atom is 0.225 e. The summed E-state index contributed by atoms with van der Waals surface area (Å²) in [6, 6.07) is 0.536. The summed E-state index contributed by atoms with van der Waals surface area (Å²) in [5, 5.41) is 0. The highest BCUT2D eigenvalue weighted by Gasteiger charge is 2.41. The quantitative estimate of drug-likeness (QED) is 0.767. The van der Waals surface area contributed by atoms with Gasteiger partial charge in [-0.1, -0.05) is 19.3 Å². The van der Waals surface area contributed by atoms with Gasteiger partial charge >= 0.3 is 0 Å². The maximum atomic E-state index is 12.7. The molecule has 2 N–H and O–H groups in total. The van der Waals surface area contributed by atoms with Gasteiger partial charge in [-0.15, -0.1) is 0 Å². The van der Waals surface area contributed by atoms with Crippen LogP contribution in [-0.2, 0) is 14.3 Å². The second-order valence-electron chi connectivity index (χ2n) is 8.81. The van der Waals surface area contributed by atoms with Crippen LogP contribution < -0.4 is 5.73 Å². The Balaban J connectivity index is 1.46. The van der Waals surface area contributed by atoms with Gasteiger partial charge in [0, 0.05) is 38.8 Å². The molecule has 27 heavy (non-hydrogen) atoms. The number of amides is 2. The lowest BCUT2D eigenvalue weighted by Gasteiger charge is -2.45. The third kappa shape index (κ3) is 4.83. The van der Waals surface area contributed by atoms with Crippen LogP contribution in [0.2, 0.25) is 0 Å². The third-order valence-corrected chi connectivity index (χ3v) is 7.31. The van der Waals surface area contributed by atoms with E-state index < -0.39 is 5.41 Å². The average Bonchev–Trinajstić information content (AvgIpc) is 2.73. The highest BCUT2D eigenvalue weighted by molar-refractivity contribution is 5.81. The molecule has 0 unspecified atom stereocenters. The first-order valence-corrected chi connectivity index (χ1v) is 10.9. The molecule has 2 amide bonds. The van der Waals surface area contributed by atoms with Gasteiger partial charge in [0.2, 0.25) is 11.8 Å². The summed E-state index contributed by atoms with van der Waals surface area (Å²) in [6.45, 7) is 4.22. The van der Waals surface area contributed by atoms with E-state index in [0.29, 0.717) is 18.6 Å². The fourth-order valence-electron chi connectivity index (χ4n) is 5.29. The summed E-state index contributed by atoms with van der Waals surface area (Å²) in [5.74, 6) is 0.508. The molecule has 1 aliphatic carbocycles. The second-order valence-corrected chi connectivity index (χ2v) is 8.81. The Morgan fingerprint density at radius 2 is 1.63 bits per heavy atom. The lowest BCUT2D eigenvalue weighted by molar-refractivity contribution is -0.139. The van der Waals surface area contributed by atoms with Crippen molar-refractivity contribution < 1.29 is 14.3 Å². The van der Waals surface area contributed by atoms with Gasteiger partial charge < -0.3 is 20.3 Å². The highest BCUT2D eigenvalue weighted by atomic mass is 16.5. The first-order chi connectivity index (χ1) is 13.1. The van der Waals surface area contributed by atoms with Gasteiger partial charge in [-0.2, -0.15) is 0 Å². The summed E-state index contributed by atoms with van der Waals surface area (Å²) < 4.78 is 5.19. The number of hydrogen-bond donors (Lipinski definition) is 1. The predicted octanol–water partition coefficient (Wildman–Crippen LogP) is 2.16. The number of primary amides is 1. The summed E-state index contributed by atoms with van der Waals surface area (Å²) in [7, 11) is 1.67. The number of rotatable bonds is 6. The standard InChI is InChI=1S/C21H37N3O3/c1-27-16-11-21(20(22)26)9-14-23(15-10-21)18-7-12-24(13-8-18)19(25)17-5-3-2-4-6-17/h17-18H,2-16H2,1H3,(H2,22,26). The van der Waals surface area contributed by atoms with E-state index in [1.807, 2.05) is 0 Å². The van der Waals surface area contributed by atoms with E-state index in [1.54, 1.807) is 7.11 Å². The van der Waals surface area contributed by atoms with E-state index in [1.165, 1.54) is 19.3 Å². The van der Waals surface area contributed by atoms with Crippen LogP contribution in [0.5, 0.6) is 0 Å². The number of methoxy groups -OCH3 is 1. The van der Waals surface area contributed by atoms with E-state index in [2.05, 4.69) is 9.80 Å². The minimum Gasteiger partial charge on any atom is -0.385 e. The molecule has 0 atom stereocenters. The molecule has 0 aromatic rings. The van der Waals surface area contributed by atoms with Crippen LogP contribution in [0, 0.1) is 11.3 Å². The number of nitrogens with two attached hydrogens (primary N) is 1. The first-order valence-electron chi connectivity index (χ1n) is 10.9. The summed E-state index contributed by atoms with van der Waals surface area (Å²) in [6.07, 6.45) is 10.4. The molecule has 0 aromatic carbocycles. The van der Waals surface area contributed by atoms with E-state index in [-0.39, 0.29) is 11.8 Å². The van der Waals surface area contributed by atoms with Crippen molar-refractivity contribution in [3.05, 3.63) is 0 Å². The molecule has 0 bridgehead atoms. The zero-order valence-corrected chi connectivity index (χ0v) is 17.0. The first kappa shape index (κ1) is 20.6. The SMILES string of the molecule is COCCC1(C(N)=O)CCN(C2CCN(C(=O)C3CCCCC3)CC2)CC1. The number of likely N-dealkylation sites (tertiary alicyclic amines) is 2. The number of ether oxygens (including phenoxy) is 1. The van der Waals surface area contributed by atoms with Gasteiger partial charge in [-0.25, -0.2) is 0 Å². The van der Waals surface area contributed by atoms with Crippen LogP contribution in [0.15, 0.2) is 0 Å². The molecular formula is C21H37N3O3. The Labute approximate surface area is 163 Å². The Bertz CT molecular complexity index is 503. The minimum atomic E-state index is -0.399. The van der Waals surface area contributed by atoms with Crippen LogP contribution >= 0.6 is 0 Å². The molecule has 0 radical (unpaired) electrons. The van der Waals surface area contributed by atoms with Gasteiger partial charge in [0.05, 0.1) is 5.41 Å². The fourth-order valence-corrected chi connectivity index (χ4v) is 5.29. The van der Waals surface area contributed by atoms with E-state index in [0.717, 1.165) is 71.1 Å². The predicted molar refractivity (Wildman–Crippen MR) is 105 cm³/mol. The number of nitrogens with zero attached hydrogens (tertiary/aromatic N) is 2. The molecule has 6 heteroatoms. The Morgan fingerprint density at radius 1 is 1.00 bits per heavy atom. The normalized spacial score (nSPS) is 25.4. The summed E-state index contributed by atoms with van der Waals surface area (Å²) in [4.78, 5) is 29.4. The largest absolute Gasteiger partial charge is 0.385 e. The molecule has 2 saturated heterocycles. The molecule has 2 heterocycles. The second kappa shape index (κ2) is 9.37. The van der Waals surface area contributed by atoms with Gasteiger partial charge in [-0.05, 0) is 58.0 Å². The number of carbonyl (C=O) groups is 2. The van der Waals surface area contributed by atoms with Crippen molar-refractivity contribution in [3.8, 4) is 0 Å². The van der Waals surface area contributed by atoms with E-state index in [4.69, 9.17) is 10.5 Å². The molecule has 0 spiro atoms. The molecule has 3 rings (SSSR count). The van der Waals surface area contributed by atoms with Crippen molar-refractivity contribution in [1.82, 2.24) is 9.80 Å². The lowest BCUT2D eigenvalue weighted by atomic mass is 9.74. The van der Waals surface area contributed by atoms with Gasteiger partial charge in [0.1, 0.15) is 0 Å². The molecule has 154 valence electrons. The summed E-state index contributed by atoms with van der Waals surface area (Å²) >= 11 is 0. The number of carbonyl (C=O) groups excluding carboxylic acids is 2. The van der Waals surface area contributed by atoms with Gasteiger partial charge in [-0.3, -0.25) is 9.59 Å². The highest BCUT2D eigenvalue weighted by Crippen LogP contribution is 2.36. The van der Waals surface area contributed by atoms with Gasteiger partial charge in [0.15, 0.2) is 0 Å².